The van der Waals surface area contributed by atoms with Gasteiger partial charge in [0.05, 0.1) is 48.7 Å². The molecule has 0 bridgehead atoms. The zero-order valence-electron chi connectivity index (χ0n) is 66.9. The Kier molecular flexibility index (Phi) is 24.6. The predicted molar refractivity (Wildman–Crippen MR) is 450 cm³/mol. The van der Waals surface area contributed by atoms with Crippen molar-refractivity contribution in [2.24, 2.45) is 0 Å². The third-order valence-electron chi connectivity index (χ3n) is 20.5. The second-order valence-corrected chi connectivity index (χ2v) is 29.3. The van der Waals surface area contributed by atoms with Crippen LogP contribution in [0.2, 0.25) is 0 Å². The lowest BCUT2D eigenvalue weighted by atomic mass is 9.80. The minimum Gasteiger partial charge on any atom is -0.462 e. The van der Waals surface area contributed by atoms with Gasteiger partial charge in [0.25, 0.3) is 23.6 Å². The minimum atomic E-state index is -1.45. The normalized spacial score (nSPS) is 12.8. The Hall–Kier alpha value is -14.0. The first-order valence-corrected chi connectivity index (χ1v) is 39.0. The molecule has 2 atom stereocenters. The number of carbonyl (C=O) groups excluding carboxylic acids is 10. The van der Waals surface area contributed by atoms with Gasteiger partial charge in [-0.05, 0) is 174 Å². The molecule has 11 aromatic carbocycles. The molecule has 0 fully saturated rings. The maximum atomic E-state index is 16.4. The Morgan fingerprint density at radius 3 is 0.771 bits per heavy atom. The van der Waals surface area contributed by atoms with E-state index in [2.05, 4.69) is 26.3 Å². The molecule has 0 saturated carbocycles. The number of amides is 6. The van der Waals surface area contributed by atoms with E-state index in [1.165, 1.54) is 47.9 Å². The lowest BCUT2D eigenvalue weighted by Gasteiger charge is -2.36. The van der Waals surface area contributed by atoms with Crippen molar-refractivity contribution < 1.29 is 85.8 Å². The largest absolute Gasteiger partial charge is 0.462 e. The monoisotopic (exact) mass is 1580 g/mol. The Bertz CT molecular complexity index is 5240. The number of nitrogens with zero attached hydrogens (tertiary/aromatic N) is 4. The van der Waals surface area contributed by atoms with Crippen LogP contribution in [0.15, 0.2) is 231 Å². The Balaban J connectivity index is 1.13. The summed E-state index contributed by atoms with van der Waals surface area (Å²) in [6.07, 6.45) is 2.20. The summed E-state index contributed by atoms with van der Waals surface area (Å²) in [4.78, 5) is 152. The van der Waals surface area contributed by atoms with E-state index in [0.29, 0.717) is 49.9 Å². The molecular weight excluding hydrogens is 1500 g/mol. The van der Waals surface area contributed by atoms with Gasteiger partial charge in [-0.2, -0.15) is 0 Å². The summed E-state index contributed by atoms with van der Waals surface area (Å²) in [6.45, 7) is 28.4. The lowest BCUT2D eigenvalue weighted by Crippen LogP contribution is -2.53. The van der Waals surface area contributed by atoms with Crippen LogP contribution in [0.5, 0.6) is 46.0 Å². The fourth-order valence-electron chi connectivity index (χ4n) is 14.6. The van der Waals surface area contributed by atoms with Crippen LogP contribution in [0, 0.1) is 0 Å². The number of imide groups is 2. The quantitative estimate of drug-likeness (QED) is 0.00906. The smallest absolute Gasteiger partial charge is 0.333 e. The van der Waals surface area contributed by atoms with Crippen molar-refractivity contribution in [1.82, 2.24) is 9.80 Å². The summed E-state index contributed by atoms with van der Waals surface area (Å²) in [6, 6.07) is 48.7. The molecule has 11 aromatic rings. The fourth-order valence-corrected chi connectivity index (χ4v) is 14.6. The van der Waals surface area contributed by atoms with E-state index in [9.17, 15) is 19.2 Å². The Morgan fingerprint density at radius 1 is 0.331 bits per heavy atom. The number of benzene rings is 11. The topological polar surface area (TPSA) is 258 Å². The van der Waals surface area contributed by atoms with Gasteiger partial charge in [-0.25, -0.2) is 19.2 Å². The lowest BCUT2D eigenvalue weighted by molar-refractivity contribution is -0.139. The minimum absolute atomic E-state index is 0.0229. The van der Waals surface area contributed by atoms with Gasteiger partial charge >= 0.3 is 23.9 Å². The van der Waals surface area contributed by atoms with E-state index >= 15 is 28.8 Å². The highest BCUT2D eigenvalue weighted by atomic mass is 16.5. The molecule has 6 amide bonds. The molecule has 0 N–H and O–H groups in total. The van der Waals surface area contributed by atoms with Gasteiger partial charge < -0.3 is 47.7 Å². The van der Waals surface area contributed by atoms with E-state index in [4.69, 9.17) is 37.9 Å². The summed E-state index contributed by atoms with van der Waals surface area (Å²) >= 11 is 0. The molecule has 13 rings (SSSR count). The van der Waals surface area contributed by atoms with E-state index in [1.807, 2.05) is 26.0 Å². The van der Waals surface area contributed by atoms with Crippen LogP contribution in [0.3, 0.4) is 0 Å². The second-order valence-electron chi connectivity index (χ2n) is 29.3. The van der Waals surface area contributed by atoms with Crippen LogP contribution in [-0.2, 0) is 73.4 Å². The molecule has 0 aromatic heterocycles. The molecule has 2 aliphatic rings. The number of esters is 4. The molecule has 0 radical (unpaired) electrons. The van der Waals surface area contributed by atoms with Crippen molar-refractivity contribution in [1.29, 1.82) is 0 Å². The zero-order chi connectivity index (χ0) is 83.9. The fraction of sp³-hybridized carbons (Fsp3) is 0.229. The van der Waals surface area contributed by atoms with Gasteiger partial charge in [-0.1, -0.05) is 125 Å². The van der Waals surface area contributed by atoms with Crippen molar-refractivity contribution >= 4 is 114 Å². The standard InChI is InChI=1S/C96H88N4O18/c1-13-45-97(65-21-17-15-18-22-65)87(101)59(11)99-89(103)71-51-75(115-67-33-25-61(26-34-67)41-47-111-93(107)55(3)4)81-83-77(117-69-37-29-63(30-38-69)43-49-113-95(109)57(7)8)53-73-80-74(92(106)100(91(73)105)60(12)88(102)98(46-14-2)66-23-19-16-20-24-66)54-78(118-70-39-31-64(32-40-70)44-50-114-96(110)58(9)10)84(86(80)83)82-76(52-72(90(99)104)79(71)85(81)82)116-68-35-27-62(28-36-68)42-48-112-94(108)56(5)6/h15-40,51-54,59-60H,3,5,7,9,13-14,41-50H2,1-2,4,6,8,10-12H3. The second kappa shape index (κ2) is 35.4. The molecule has 22 heteroatoms. The maximum Gasteiger partial charge on any atom is 0.333 e. The van der Waals surface area contributed by atoms with Crippen molar-refractivity contribution in [3.8, 4) is 46.0 Å². The Labute approximate surface area is 682 Å². The zero-order valence-corrected chi connectivity index (χ0v) is 66.9. The molecule has 0 aliphatic carbocycles. The highest BCUT2D eigenvalue weighted by molar-refractivity contribution is 6.45. The molecule has 118 heavy (non-hydrogen) atoms. The number of hydrogen-bond donors (Lipinski definition) is 0. The van der Waals surface area contributed by atoms with Gasteiger partial charge in [-0.15, -0.1) is 0 Å². The molecule has 0 saturated heterocycles. The molecular formula is C96H88N4O18. The summed E-state index contributed by atoms with van der Waals surface area (Å²) in [5.74, 6) is -6.17. The third kappa shape index (κ3) is 16.9. The highest BCUT2D eigenvalue weighted by Gasteiger charge is 2.46. The van der Waals surface area contributed by atoms with Gasteiger partial charge in [0, 0.05) is 116 Å². The van der Waals surface area contributed by atoms with Gasteiger partial charge in [0.15, 0.2) is 0 Å². The first kappa shape index (κ1) is 82.0. The summed E-state index contributed by atoms with van der Waals surface area (Å²) in [7, 11) is 0. The highest BCUT2D eigenvalue weighted by Crippen LogP contribution is 2.58. The predicted octanol–water partition coefficient (Wildman–Crippen LogP) is 18.4. The molecule has 2 heterocycles. The number of para-hydroxylation sites is 2. The van der Waals surface area contributed by atoms with E-state index in [0.717, 1.165) is 32.1 Å². The van der Waals surface area contributed by atoms with Crippen molar-refractivity contribution in [2.75, 3.05) is 49.3 Å². The number of hydrogen-bond acceptors (Lipinski definition) is 18. The number of carbonyl (C=O) groups is 10. The van der Waals surface area contributed by atoms with Gasteiger partial charge in [0.1, 0.15) is 58.1 Å². The molecule has 2 unspecified atom stereocenters. The molecule has 2 aliphatic heterocycles. The first-order valence-electron chi connectivity index (χ1n) is 39.0. The average molecular weight is 1590 g/mol. The van der Waals surface area contributed by atoms with Gasteiger partial charge in [-0.3, -0.25) is 38.6 Å². The molecule has 0 spiro atoms. The number of rotatable bonds is 34. The van der Waals surface area contributed by atoms with Crippen LogP contribution >= 0.6 is 0 Å². The van der Waals surface area contributed by atoms with E-state index in [-0.39, 0.29) is 173 Å². The molecule has 600 valence electrons. The summed E-state index contributed by atoms with van der Waals surface area (Å²) in [5, 5.41) is 1.07. The van der Waals surface area contributed by atoms with Gasteiger partial charge in [0.2, 0.25) is 11.8 Å². The van der Waals surface area contributed by atoms with Crippen LogP contribution in [0.4, 0.5) is 11.4 Å². The summed E-state index contributed by atoms with van der Waals surface area (Å²) in [5.41, 5.74) is 4.60. The average Bonchev–Trinajstić information content (AvgIpc) is 0.670. The van der Waals surface area contributed by atoms with Crippen molar-refractivity contribution in [3.05, 3.63) is 275 Å². The van der Waals surface area contributed by atoms with Crippen molar-refractivity contribution in [2.45, 2.75) is 106 Å². The summed E-state index contributed by atoms with van der Waals surface area (Å²) < 4.78 is 51.0. The number of fused-ring (bicyclic) bond motifs is 2. The Morgan fingerprint density at radius 2 is 0.559 bits per heavy atom. The molecule has 22 nitrogen and oxygen atoms in total. The number of ether oxygens (including phenoxy) is 8. The van der Waals surface area contributed by atoms with Crippen LogP contribution in [0.1, 0.15) is 132 Å². The van der Waals surface area contributed by atoms with Crippen LogP contribution < -0.4 is 28.7 Å². The SMILES string of the molecule is C=C(C)C(=O)OCCc1ccc(Oc2cc3c4c(cc(Oc5ccc(CCOC(=O)C(=C)C)cc5)c5c6c(Oc7ccc(CCOC(=O)C(=C)C)cc7)cc7c8c(cc(Oc9ccc(CCOC(=O)C(=C)C)cc9)c(c2c45)c86)C(=O)N(C(C)C(=O)N(CCC)c2ccccc2)C7=O)C(=O)N(C(C)C(=O)N(CCC)c2ccccc2)C3=O)cc1. The van der Waals surface area contributed by atoms with Crippen molar-refractivity contribution in [3.63, 3.8) is 0 Å². The van der Waals surface area contributed by atoms with E-state index < -0.39 is 71.4 Å². The van der Waals surface area contributed by atoms with Crippen LogP contribution in [0.25, 0.3) is 43.1 Å². The maximum absolute atomic E-state index is 16.4. The third-order valence-corrected chi connectivity index (χ3v) is 20.5. The number of anilines is 2. The van der Waals surface area contributed by atoms with Crippen LogP contribution in [-0.4, -0.2) is 121 Å². The first-order chi connectivity index (χ1) is 56.7. The van der Waals surface area contributed by atoms with E-state index in [1.54, 1.807) is 173 Å².